The second-order valence-electron chi connectivity index (χ2n) is 8.05. The van der Waals surface area contributed by atoms with E-state index in [1.165, 1.54) is 0 Å². The summed E-state index contributed by atoms with van der Waals surface area (Å²) in [5.41, 5.74) is 2.88. The minimum Gasteiger partial charge on any atom is -0.333 e. The summed E-state index contributed by atoms with van der Waals surface area (Å²) in [6.07, 6.45) is 6.80. The van der Waals surface area contributed by atoms with Gasteiger partial charge in [-0.2, -0.15) is 10.4 Å². The first-order valence-electron chi connectivity index (χ1n) is 9.85. The summed E-state index contributed by atoms with van der Waals surface area (Å²) in [5, 5.41) is 18.8. The highest BCUT2D eigenvalue weighted by Gasteiger charge is 2.52. The summed E-state index contributed by atoms with van der Waals surface area (Å²) in [7, 11) is 0. The lowest BCUT2D eigenvalue weighted by atomic mass is 9.73. The molecule has 29 heavy (non-hydrogen) atoms. The van der Waals surface area contributed by atoms with Crippen LogP contribution < -0.4 is 0 Å². The number of aryl methyl sites for hydroxylation is 1. The number of H-pyrrole nitrogens is 1. The molecule has 0 radical (unpaired) electrons. The van der Waals surface area contributed by atoms with Crippen LogP contribution in [0.5, 0.6) is 0 Å². The van der Waals surface area contributed by atoms with Crippen LogP contribution in [-0.2, 0) is 5.41 Å². The molecule has 2 unspecified atom stereocenters. The number of pyridine rings is 1. The van der Waals surface area contributed by atoms with Crippen molar-refractivity contribution >= 4 is 17.2 Å². The number of hydrogen-bond acceptors (Lipinski definition) is 5. The fourth-order valence-corrected chi connectivity index (χ4v) is 5.75. The molecule has 3 aromatic heterocycles. The van der Waals surface area contributed by atoms with Crippen molar-refractivity contribution < 1.29 is 4.79 Å². The molecular weight excluding hydrogens is 382 g/mol. The summed E-state index contributed by atoms with van der Waals surface area (Å²) in [4.78, 5) is 21.1. The van der Waals surface area contributed by atoms with Crippen LogP contribution in [0, 0.1) is 18.3 Å². The molecule has 2 atom stereocenters. The summed E-state index contributed by atoms with van der Waals surface area (Å²) in [6, 6.07) is 10.6. The Bertz CT molecular complexity index is 1080. The van der Waals surface area contributed by atoms with Gasteiger partial charge in [-0.3, -0.25) is 14.9 Å². The van der Waals surface area contributed by atoms with E-state index in [9.17, 15) is 10.1 Å². The van der Waals surface area contributed by atoms with E-state index < -0.39 is 5.41 Å². The summed E-state index contributed by atoms with van der Waals surface area (Å²) in [6.45, 7) is 1.95. The molecule has 2 bridgehead atoms. The number of amides is 1. The second kappa shape index (κ2) is 6.82. The van der Waals surface area contributed by atoms with Crippen LogP contribution in [0.2, 0.25) is 0 Å². The van der Waals surface area contributed by atoms with Gasteiger partial charge in [-0.25, -0.2) is 0 Å². The Balaban J connectivity index is 1.42. The Morgan fingerprint density at radius 3 is 2.79 bits per heavy atom. The normalized spacial score (nSPS) is 25.7. The third-order valence-corrected chi connectivity index (χ3v) is 7.22. The molecular formula is C22H21N5OS. The quantitative estimate of drug-likeness (QED) is 0.714. The third kappa shape index (κ3) is 2.95. The van der Waals surface area contributed by atoms with Crippen LogP contribution in [0.15, 0.2) is 42.0 Å². The minimum absolute atomic E-state index is 0.0761. The lowest BCUT2D eigenvalue weighted by Gasteiger charge is -2.42. The van der Waals surface area contributed by atoms with Gasteiger partial charge in [0.1, 0.15) is 5.41 Å². The van der Waals surface area contributed by atoms with Gasteiger partial charge in [0, 0.05) is 39.8 Å². The molecule has 0 aliphatic carbocycles. The van der Waals surface area contributed by atoms with E-state index in [-0.39, 0.29) is 18.0 Å². The molecule has 2 aliphatic heterocycles. The van der Waals surface area contributed by atoms with Crippen molar-refractivity contribution in [3.63, 3.8) is 0 Å². The third-order valence-electron chi connectivity index (χ3n) is 6.24. The number of thiophene rings is 1. The summed E-state index contributed by atoms with van der Waals surface area (Å²) in [5.74, 6) is 0.0761. The van der Waals surface area contributed by atoms with Gasteiger partial charge in [0.25, 0.3) is 5.91 Å². The van der Waals surface area contributed by atoms with E-state index in [1.807, 2.05) is 47.7 Å². The molecule has 0 saturated carbocycles. The van der Waals surface area contributed by atoms with Crippen molar-refractivity contribution in [3.8, 4) is 16.5 Å². The van der Waals surface area contributed by atoms with E-state index in [2.05, 4.69) is 21.3 Å². The standard InChI is InChI=1S/C22H21N5OS/c1-14-3-2-4-20(26-14)22(13-23)8-17-5-6-18(9-22)27(17)21(28)15-7-19(29-12-15)16-10-24-25-11-16/h2-4,7,10-12,17-18H,5-6,8-9H2,1H3,(H,24,25). The van der Waals surface area contributed by atoms with Crippen molar-refractivity contribution in [2.24, 2.45) is 0 Å². The van der Waals surface area contributed by atoms with Gasteiger partial charge in [-0.1, -0.05) is 6.07 Å². The van der Waals surface area contributed by atoms with E-state index in [0.717, 1.165) is 40.2 Å². The number of rotatable bonds is 3. The zero-order valence-electron chi connectivity index (χ0n) is 16.1. The maximum absolute atomic E-state index is 13.3. The molecule has 1 N–H and O–H groups in total. The van der Waals surface area contributed by atoms with Crippen LogP contribution in [0.3, 0.4) is 0 Å². The lowest BCUT2D eigenvalue weighted by molar-refractivity contribution is 0.0524. The Hall–Kier alpha value is -2.98. The number of hydrogen-bond donors (Lipinski definition) is 1. The van der Waals surface area contributed by atoms with Gasteiger partial charge in [-0.15, -0.1) is 11.3 Å². The molecule has 5 rings (SSSR count). The molecule has 5 heterocycles. The van der Waals surface area contributed by atoms with Gasteiger partial charge in [0.15, 0.2) is 0 Å². The fourth-order valence-electron chi connectivity index (χ4n) is 4.88. The van der Waals surface area contributed by atoms with Gasteiger partial charge in [0.05, 0.1) is 23.5 Å². The van der Waals surface area contributed by atoms with Crippen LogP contribution in [0.25, 0.3) is 10.4 Å². The highest BCUT2D eigenvalue weighted by molar-refractivity contribution is 7.13. The van der Waals surface area contributed by atoms with Crippen LogP contribution in [-0.4, -0.2) is 38.1 Å². The molecule has 1 amide bonds. The first-order valence-corrected chi connectivity index (χ1v) is 10.7. The molecule has 7 heteroatoms. The smallest absolute Gasteiger partial charge is 0.255 e. The molecule has 146 valence electrons. The van der Waals surface area contributed by atoms with E-state index in [4.69, 9.17) is 0 Å². The number of nitrogens with one attached hydrogen (secondary N) is 1. The number of piperidine rings is 1. The van der Waals surface area contributed by atoms with E-state index in [0.29, 0.717) is 12.8 Å². The highest BCUT2D eigenvalue weighted by Crippen LogP contribution is 2.47. The largest absolute Gasteiger partial charge is 0.333 e. The number of fused-ring (bicyclic) bond motifs is 2. The van der Waals surface area contributed by atoms with E-state index in [1.54, 1.807) is 17.5 Å². The minimum atomic E-state index is -0.606. The van der Waals surface area contributed by atoms with Crippen LogP contribution in [0.4, 0.5) is 0 Å². The molecule has 6 nitrogen and oxygen atoms in total. The van der Waals surface area contributed by atoms with Crippen molar-refractivity contribution in [3.05, 3.63) is 59.0 Å². The number of nitrogens with zero attached hydrogens (tertiary/aromatic N) is 4. The Labute approximate surface area is 173 Å². The Morgan fingerprint density at radius 1 is 1.34 bits per heavy atom. The maximum atomic E-state index is 13.3. The van der Waals surface area contributed by atoms with Gasteiger partial charge < -0.3 is 4.90 Å². The van der Waals surface area contributed by atoms with Gasteiger partial charge >= 0.3 is 0 Å². The molecule has 0 aromatic carbocycles. The monoisotopic (exact) mass is 403 g/mol. The first kappa shape index (κ1) is 18.1. The lowest BCUT2D eigenvalue weighted by Crippen LogP contribution is -2.51. The number of aromatic amines is 1. The maximum Gasteiger partial charge on any atom is 0.255 e. The Kier molecular flexibility index (Phi) is 4.25. The highest BCUT2D eigenvalue weighted by atomic mass is 32.1. The number of nitriles is 1. The molecule has 2 fully saturated rings. The topological polar surface area (TPSA) is 85.7 Å². The number of aromatic nitrogens is 3. The van der Waals surface area contributed by atoms with Gasteiger partial charge in [0.2, 0.25) is 0 Å². The Morgan fingerprint density at radius 2 is 2.14 bits per heavy atom. The second-order valence-corrected chi connectivity index (χ2v) is 8.96. The number of carbonyl (C=O) groups excluding carboxylic acids is 1. The zero-order chi connectivity index (χ0) is 20.0. The number of carbonyl (C=O) groups is 1. The first-order chi connectivity index (χ1) is 14.1. The van der Waals surface area contributed by atoms with E-state index >= 15 is 0 Å². The van der Waals surface area contributed by atoms with Crippen molar-refractivity contribution in [1.82, 2.24) is 20.1 Å². The molecule has 2 saturated heterocycles. The molecule has 2 aliphatic rings. The van der Waals surface area contributed by atoms with Gasteiger partial charge in [-0.05, 0) is 50.8 Å². The van der Waals surface area contributed by atoms with Crippen molar-refractivity contribution in [2.75, 3.05) is 0 Å². The van der Waals surface area contributed by atoms with Crippen molar-refractivity contribution in [1.29, 1.82) is 5.26 Å². The average molecular weight is 404 g/mol. The molecule has 3 aromatic rings. The zero-order valence-corrected chi connectivity index (χ0v) is 16.9. The predicted octanol–water partition coefficient (Wildman–Crippen LogP) is 4.07. The summed E-state index contributed by atoms with van der Waals surface area (Å²) >= 11 is 1.56. The van der Waals surface area contributed by atoms with Crippen molar-refractivity contribution in [2.45, 2.75) is 50.1 Å². The average Bonchev–Trinajstić information content (AvgIpc) is 3.47. The van der Waals surface area contributed by atoms with Crippen LogP contribution >= 0.6 is 11.3 Å². The summed E-state index contributed by atoms with van der Waals surface area (Å²) < 4.78 is 0. The fraction of sp³-hybridized carbons (Fsp3) is 0.364. The SMILES string of the molecule is Cc1cccc(C2(C#N)CC3CCC(C2)N3C(=O)c2csc(-c3cn[nH]c3)c2)n1. The van der Waals surface area contributed by atoms with Crippen LogP contribution in [0.1, 0.15) is 47.4 Å². The molecule has 0 spiro atoms. The predicted molar refractivity (Wildman–Crippen MR) is 110 cm³/mol.